The van der Waals surface area contributed by atoms with Crippen molar-refractivity contribution in [2.24, 2.45) is 0 Å². The van der Waals surface area contributed by atoms with E-state index < -0.39 is 0 Å². The SMILES string of the molecule is COc1ccc(C(=O)C(Br)c2ccc(SC)cc2)cc1. The summed E-state index contributed by atoms with van der Waals surface area (Å²) < 4.78 is 5.09. The Balaban J connectivity index is 2.17. The zero-order valence-corrected chi connectivity index (χ0v) is 13.7. The predicted octanol–water partition coefficient (Wildman–Crippen LogP) is 4.74. The van der Waals surface area contributed by atoms with Crippen LogP contribution in [-0.2, 0) is 0 Å². The lowest BCUT2D eigenvalue weighted by molar-refractivity contribution is 0.0991. The number of carbonyl (C=O) groups is 1. The Morgan fingerprint density at radius 3 is 2.20 bits per heavy atom. The quantitative estimate of drug-likeness (QED) is 0.442. The van der Waals surface area contributed by atoms with E-state index in [1.165, 1.54) is 4.90 Å². The molecule has 0 N–H and O–H groups in total. The normalized spacial score (nSPS) is 11.9. The lowest BCUT2D eigenvalue weighted by atomic mass is 10.0. The molecule has 2 nitrogen and oxygen atoms in total. The van der Waals surface area contributed by atoms with Gasteiger partial charge in [-0.05, 0) is 48.2 Å². The number of rotatable bonds is 5. The molecule has 0 aliphatic carbocycles. The number of Topliss-reactive ketones (excluding diaryl/α,β-unsaturated/α-hetero) is 1. The highest BCUT2D eigenvalue weighted by atomic mass is 79.9. The standard InChI is InChI=1S/C16H15BrO2S/c1-19-13-7-3-12(4-8-13)16(18)15(17)11-5-9-14(20-2)10-6-11/h3-10,15H,1-2H3. The lowest BCUT2D eigenvalue weighted by Gasteiger charge is -2.10. The van der Waals surface area contributed by atoms with Gasteiger partial charge in [-0.15, -0.1) is 11.8 Å². The smallest absolute Gasteiger partial charge is 0.180 e. The van der Waals surface area contributed by atoms with E-state index in [2.05, 4.69) is 15.9 Å². The van der Waals surface area contributed by atoms with Gasteiger partial charge in [0.25, 0.3) is 0 Å². The Kier molecular flexibility index (Phi) is 5.26. The Morgan fingerprint density at radius 2 is 1.70 bits per heavy atom. The fraction of sp³-hybridized carbons (Fsp3) is 0.188. The summed E-state index contributed by atoms with van der Waals surface area (Å²) in [6, 6.07) is 15.2. The van der Waals surface area contributed by atoms with Gasteiger partial charge < -0.3 is 4.74 Å². The van der Waals surface area contributed by atoms with Crippen LogP contribution in [0.3, 0.4) is 0 Å². The minimum atomic E-state index is -0.327. The van der Waals surface area contributed by atoms with Crippen molar-refractivity contribution in [1.29, 1.82) is 0 Å². The first-order valence-electron chi connectivity index (χ1n) is 6.12. The Bertz CT molecular complexity index is 578. The molecule has 0 saturated heterocycles. The first kappa shape index (κ1) is 15.1. The maximum Gasteiger partial charge on any atom is 0.180 e. The van der Waals surface area contributed by atoms with Crippen molar-refractivity contribution >= 4 is 33.5 Å². The summed E-state index contributed by atoms with van der Waals surface area (Å²) in [6.45, 7) is 0. The zero-order chi connectivity index (χ0) is 14.5. The highest BCUT2D eigenvalue weighted by Gasteiger charge is 2.18. The summed E-state index contributed by atoms with van der Waals surface area (Å²) in [7, 11) is 1.61. The largest absolute Gasteiger partial charge is 0.497 e. The monoisotopic (exact) mass is 350 g/mol. The Morgan fingerprint density at radius 1 is 1.10 bits per heavy atom. The minimum Gasteiger partial charge on any atom is -0.497 e. The molecular formula is C16H15BrO2S. The molecule has 4 heteroatoms. The van der Waals surface area contributed by atoms with Crippen LogP contribution in [0.4, 0.5) is 0 Å². The minimum absolute atomic E-state index is 0.0459. The van der Waals surface area contributed by atoms with Crippen LogP contribution in [0.1, 0.15) is 20.7 Å². The first-order chi connectivity index (χ1) is 9.65. The van der Waals surface area contributed by atoms with Crippen LogP contribution >= 0.6 is 27.7 Å². The number of hydrogen-bond acceptors (Lipinski definition) is 3. The molecule has 0 fully saturated rings. The maximum atomic E-state index is 12.4. The van der Waals surface area contributed by atoms with Gasteiger partial charge in [0.1, 0.15) is 10.6 Å². The lowest BCUT2D eigenvalue weighted by Crippen LogP contribution is -2.07. The molecule has 0 saturated carbocycles. The molecule has 0 bridgehead atoms. The first-order valence-corrected chi connectivity index (χ1v) is 8.26. The molecule has 0 radical (unpaired) electrons. The second-order valence-electron chi connectivity index (χ2n) is 4.23. The van der Waals surface area contributed by atoms with Crippen LogP contribution in [0.25, 0.3) is 0 Å². The molecule has 0 heterocycles. The van der Waals surface area contributed by atoms with E-state index in [1.807, 2.05) is 30.5 Å². The fourth-order valence-corrected chi connectivity index (χ4v) is 2.80. The molecule has 0 spiro atoms. The van der Waals surface area contributed by atoms with Crippen molar-refractivity contribution in [3.8, 4) is 5.75 Å². The van der Waals surface area contributed by atoms with Gasteiger partial charge in [0.05, 0.1) is 7.11 Å². The third-order valence-corrected chi connectivity index (χ3v) is 4.70. The average Bonchev–Trinajstić information content (AvgIpc) is 2.53. The van der Waals surface area contributed by atoms with E-state index in [0.717, 1.165) is 11.3 Å². The summed E-state index contributed by atoms with van der Waals surface area (Å²) in [5, 5.41) is 0. The summed E-state index contributed by atoms with van der Waals surface area (Å²) in [5.74, 6) is 0.793. The number of ether oxygens (including phenoxy) is 1. The van der Waals surface area contributed by atoms with Gasteiger partial charge in [-0.1, -0.05) is 28.1 Å². The maximum absolute atomic E-state index is 12.4. The van der Waals surface area contributed by atoms with Crippen molar-refractivity contribution < 1.29 is 9.53 Å². The molecular weight excluding hydrogens is 336 g/mol. The van der Waals surface area contributed by atoms with E-state index in [4.69, 9.17) is 4.74 Å². The number of hydrogen-bond donors (Lipinski definition) is 0. The second kappa shape index (κ2) is 6.95. The van der Waals surface area contributed by atoms with Gasteiger partial charge in [-0.3, -0.25) is 4.79 Å². The number of alkyl halides is 1. The Hall–Kier alpha value is -1.26. The molecule has 0 aliphatic rings. The van der Waals surface area contributed by atoms with Crippen LogP contribution in [0.2, 0.25) is 0 Å². The summed E-state index contributed by atoms with van der Waals surface area (Å²) >= 11 is 5.17. The molecule has 2 aromatic carbocycles. The number of benzene rings is 2. The third-order valence-electron chi connectivity index (χ3n) is 3.01. The highest BCUT2D eigenvalue weighted by Crippen LogP contribution is 2.29. The zero-order valence-electron chi connectivity index (χ0n) is 11.3. The second-order valence-corrected chi connectivity index (χ2v) is 6.02. The summed E-state index contributed by atoms with van der Waals surface area (Å²) in [4.78, 5) is 13.3. The van der Waals surface area contributed by atoms with Crippen molar-refractivity contribution in [3.63, 3.8) is 0 Å². The van der Waals surface area contributed by atoms with Crippen LogP contribution in [0.5, 0.6) is 5.75 Å². The van der Waals surface area contributed by atoms with Gasteiger partial charge in [0.2, 0.25) is 0 Å². The van der Waals surface area contributed by atoms with E-state index in [9.17, 15) is 4.79 Å². The number of halogens is 1. The molecule has 1 atom stereocenters. The molecule has 0 aliphatic heterocycles. The summed E-state index contributed by atoms with van der Waals surface area (Å²) in [6.07, 6.45) is 2.03. The number of methoxy groups -OCH3 is 1. The van der Waals surface area contributed by atoms with Crippen molar-refractivity contribution in [3.05, 3.63) is 59.7 Å². The van der Waals surface area contributed by atoms with Gasteiger partial charge in [0, 0.05) is 10.5 Å². The molecule has 0 aromatic heterocycles. The number of ketones is 1. The number of carbonyl (C=O) groups excluding carboxylic acids is 1. The van der Waals surface area contributed by atoms with Crippen LogP contribution < -0.4 is 4.74 Å². The van der Waals surface area contributed by atoms with Gasteiger partial charge in [0.15, 0.2) is 5.78 Å². The highest BCUT2D eigenvalue weighted by molar-refractivity contribution is 9.09. The van der Waals surface area contributed by atoms with Gasteiger partial charge in [-0.25, -0.2) is 0 Å². The molecule has 1 unspecified atom stereocenters. The predicted molar refractivity (Wildman–Crippen MR) is 87.2 cm³/mol. The third kappa shape index (κ3) is 3.44. The summed E-state index contributed by atoms with van der Waals surface area (Å²) in [5.41, 5.74) is 1.63. The van der Waals surface area contributed by atoms with Gasteiger partial charge in [-0.2, -0.15) is 0 Å². The topological polar surface area (TPSA) is 26.3 Å². The molecule has 104 valence electrons. The average molecular weight is 351 g/mol. The van der Waals surface area contributed by atoms with E-state index >= 15 is 0 Å². The van der Waals surface area contributed by atoms with E-state index in [-0.39, 0.29) is 10.6 Å². The fourth-order valence-electron chi connectivity index (χ4n) is 1.83. The van der Waals surface area contributed by atoms with Crippen LogP contribution in [0, 0.1) is 0 Å². The van der Waals surface area contributed by atoms with Crippen LogP contribution in [0.15, 0.2) is 53.4 Å². The molecule has 2 rings (SSSR count). The van der Waals surface area contributed by atoms with Crippen LogP contribution in [-0.4, -0.2) is 19.1 Å². The Labute approximate surface area is 131 Å². The van der Waals surface area contributed by atoms with Gasteiger partial charge >= 0.3 is 0 Å². The van der Waals surface area contributed by atoms with Crippen molar-refractivity contribution in [2.45, 2.75) is 9.72 Å². The van der Waals surface area contributed by atoms with Crippen molar-refractivity contribution in [2.75, 3.05) is 13.4 Å². The molecule has 2 aromatic rings. The van der Waals surface area contributed by atoms with Crippen molar-refractivity contribution in [1.82, 2.24) is 0 Å². The number of thioether (sulfide) groups is 1. The van der Waals surface area contributed by atoms with E-state index in [0.29, 0.717) is 5.56 Å². The molecule has 0 amide bonds. The molecule has 20 heavy (non-hydrogen) atoms. The van der Waals surface area contributed by atoms with E-state index in [1.54, 1.807) is 43.1 Å².